The first-order valence-corrected chi connectivity index (χ1v) is 8.79. The number of hydrogen-bond acceptors (Lipinski definition) is 2. The van der Waals surface area contributed by atoms with Crippen LogP contribution in [0.15, 0.2) is 36.4 Å². The van der Waals surface area contributed by atoms with Gasteiger partial charge in [-0.25, -0.2) is 17.6 Å². The zero-order valence-electron chi connectivity index (χ0n) is 14.4. The van der Waals surface area contributed by atoms with Crippen LogP contribution in [0.5, 0.6) is 0 Å². The van der Waals surface area contributed by atoms with Crippen molar-refractivity contribution in [2.45, 2.75) is 31.2 Å². The molecule has 1 aliphatic rings. The molecule has 0 spiro atoms. The monoisotopic (exact) mass is 366 g/mol. The number of nitrogens with two attached hydrogens (primary N) is 1. The smallest absolute Gasteiger partial charge is 0.161 e. The van der Waals surface area contributed by atoms with Crippen LogP contribution in [0.3, 0.4) is 0 Å². The Morgan fingerprint density at radius 3 is 2.42 bits per heavy atom. The highest BCUT2D eigenvalue weighted by atomic mass is 19.2. The van der Waals surface area contributed by atoms with Crippen LogP contribution in [0.4, 0.5) is 17.6 Å². The summed E-state index contributed by atoms with van der Waals surface area (Å²) < 4.78 is 52.9. The molecule has 0 radical (unpaired) electrons. The van der Waals surface area contributed by atoms with E-state index in [1.807, 2.05) is 12.1 Å². The van der Waals surface area contributed by atoms with Gasteiger partial charge in [0.1, 0.15) is 11.6 Å². The number of hydrogen-bond donors (Lipinski definition) is 1. The minimum Gasteiger partial charge on any atom is -0.327 e. The van der Waals surface area contributed by atoms with E-state index in [4.69, 9.17) is 5.73 Å². The van der Waals surface area contributed by atoms with Crippen molar-refractivity contribution in [3.05, 3.63) is 70.8 Å². The Hall–Kier alpha value is -1.92. The van der Waals surface area contributed by atoms with Gasteiger partial charge in [-0.3, -0.25) is 0 Å². The summed E-state index contributed by atoms with van der Waals surface area (Å²) in [4.78, 5) is 2.27. The highest BCUT2D eigenvalue weighted by molar-refractivity contribution is 5.22. The van der Waals surface area contributed by atoms with E-state index in [9.17, 15) is 17.6 Å². The van der Waals surface area contributed by atoms with E-state index in [0.29, 0.717) is 18.4 Å². The van der Waals surface area contributed by atoms with E-state index in [-0.39, 0.29) is 23.8 Å². The maximum atomic E-state index is 13.7. The van der Waals surface area contributed by atoms with Crippen molar-refractivity contribution in [3.8, 4) is 0 Å². The molecule has 2 aromatic rings. The van der Waals surface area contributed by atoms with Gasteiger partial charge in [0.25, 0.3) is 0 Å². The maximum Gasteiger partial charge on any atom is 0.161 e. The lowest BCUT2D eigenvalue weighted by Gasteiger charge is -2.19. The second-order valence-electron chi connectivity index (χ2n) is 6.95. The lowest BCUT2D eigenvalue weighted by molar-refractivity contribution is 0.316. The van der Waals surface area contributed by atoms with Gasteiger partial charge in [-0.05, 0) is 67.6 Å². The molecule has 0 aromatic heterocycles. The van der Waals surface area contributed by atoms with E-state index in [0.717, 1.165) is 37.7 Å². The van der Waals surface area contributed by atoms with Crippen LogP contribution >= 0.6 is 0 Å². The molecule has 1 aliphatic heterocycles. The van der Waals surface area contributed by atoms with Gasteiger partial charge >= 0.3 is 0 Å². The molecule has 2 aromatic carbocycles. The van der Waals surface area contributed by atoms with Crippen LogP contribution in [0, 0.1) is 23.3 Å². The van der Waals surface area contributed by atoms with Crippen molar-refractivity contribution in [2.24, 2.45) is 5.73 Å². The predicted molar refractivity (Wildman–Crippen MR) is 92.8 cm³/mol. The van der Waals surface area contributed by atoms with E-state index in [1.165, 1.54) is 12.1 Å². The maximum absolute atomic E-state index is 13.7. The number of halogens is 4. The molecule has 1 heterocycles. The minimum atomic E-state index is -1.19. The molecular formula is C20H22F4N2. The van der Waals surface area contributed by atoms with Crippen molar-refractivity contribution in [1.29, 1.82) is 0 Å². The molecule has 0 aliphatic carbocycles. The summed E-state index contributed by atoms with van der Waals surface area (Å²) in [5.41, 5.74) is 7.28. The van der Waals surface area contributed by atoms with Gasteiger partial charge in [0.2, 0.25) is 0 Å². The third-order valence-electron chi connectivity index (χ3n) is 5.00. The average molecular weight is 366 g/mol. The molecule has 0 saturated carbocycles. The SMILES string of the molecule is NC(CCN1CCC(c2ccc(F)cc2)C1)Cc1cc(F)c(F)cc1F. The highest BCUT2D eigenvalue weighted by Crippen LogP contribution is 2.27. The van der Waals surface area contributed by atoms with E-state index in [2.05, 4.69) is 4.90 Å². The Morgan fingerprint density at radius 1 is 1.00 bits per heavy atom. The fourth-order valence-corrected chi connectivity index (χ4v) is 3.50. The lowest BCUT2D eigenvalue weighted by atomic mass is 9.98. The van der Waals surface area contributed by atoms with E-state index >= 15 is 0 Å². The number of likely N-dealkylation sites (tertiary alicyclic amines) is 1. The van der Waals surface area contributed by atoms with Gasteiger partial charge in [0.05, 0.1) is 0 Å². The fourth-order valence-electron chi connectivity index (χ4n) is 3.50. The van der Waals surface area contributed by atoms with Gasteiger partial charge in [0.15, 0.2) is 11.6 Å². The van der Waals surface area contributed by atoms with Gasteiger partial charge in [0, 0.05) is 18.7 Å². The molecule has 2 N–H and O–H groups in total. The normalized spacial score (nSPS) is 19.0. The van der Waals surface area contributed by atoms with Crippen LogP contribution in [0.25, 0.3) is 0 Å². The summed E-state index contributed by atoms with van der Waals surface area (Å²) >= 11 is 0. The van der Waals surface area contributed by atoms with Crippen LogP contribution in [0.2, 0.25) is 0 Å². The zero-order valence-corrected chi connectivity index (χ0v) is 14.4. The molecule has 2 unspecified atom stereocenters. The lowest BCUT2D eigenvalue weighted by Crippen LogP contribution is -2.31. The molecule has 1 saturated heterocycles. The van der Waals surface area contributed by atoms with Crippen LogP contribution < -0.4 is 5.73 Å². The quantitative estimate of drug-likeness (QED) is 0.619. The van der Waals surface area contributed by atoms with Crippen LogP contribution in [-0.2, 0) is 6.42 Å². The van der Waals surface area contributed by atoms with Crippen LogP contribution in [0.1, 0.15) is 29.9 Å². The number of benzene rings is 2. The summed E-state index contributed by atoms with van der Waals surface area (Å²) in [5, 5.41) is 0. The summed E-state index contributed by atoms with van der Waals surface area (Å²) in [6.07, 6.45) is 1.80. The molecule has 0 amide bonds. The molecule has 140 valence electrons. The van der Waals surface area contributed by atoms with Crippen molar-refractivity contribution in [3.63, 3.8) is 0 Å². The molecule has 1 fully saturated rings. The van der Waals surface area contributed by atoms with Crippen molar-refractivity contribution >= 4 is 0 Å². The Bertz CT molecular complexity index is 748. The number of nitrogens with zero attached hydrogens (tertiary/aromatic N) is 1. The number of rotatable bonds is 6. The van der Waals surface area contributed by atoms with Gasteiger partial charge in [-0.1, -0.05) is 12.1 Å². The first-order chi connectivity index (χ1) is 12.4. The molecule has 2 nitrogen and oxygen atoms in total. The van der Waals surface area contributed by atoms with E-state index in [1.54, 1.807) is 0 Å². The standard InChI is InChI=1S/C20H22F4N2/c21-16-3-1-13(2-4-16)14-5-7-26(12-14)8-6-17(25)9-15-10-19(23)20(24)11-18(15)22/h1-4,10-11,14,17H,5-9,12,25H2. The summed E-state index contributed by atoms with van der Waals surface area (Å²) in [6.45, 7) is 2.55. The summed E-state index contributed by atoms with van der Waals surface area (Å²) in [5.74, 6) is -2.88. The fraction of sp³-hybridized carbons (Fsp3) is 0.400. The Balaban J connectivity index is 1.49. The molecule has 3 rings (SSSR count). The minimum absolute atomic E-state index is 0.0991. The Kier molecular flexibility index (Phi) is 5.94. The molecular weight excluding hydrogens is 344 g/mol. The topological polar surface area (TPSA) is 29.3 Å². The summed E-state index contributed by atoms with van der Waals surface area (Å²) in [6, 6.07) is 7.70. The molecule has 26 heavy (non-hydrogen) atoms. The predicted octanol–water partition coefficient (Wildman–Crippen LogP) is 3.99. The van der Waals surface area contributed by atoms with Gasteiger partial charge < -0.3 is 10.6 Å². The van der Waals surface area contributed by atoms with Crippen molar-refractivity contribution < 1.29 is 17.6 Å². The first-order valence-electron chi connectivity index (χ1n) is 8.79. The molecule has 2 atom stereocenters. The largest absolute Gasteiger partial charge is 0.327 e. The third-order valence-corrected chi connectivity index (χ3v) is 5.00. The second-order valence-corrected chi connectivity index (χ2v) is 6.95. The third kappa shape index (κ3) is 4.62. The first kappa shape index (κ1) is 18.9. The molecule has 0 bridgehead atoms. The van der Waals surface area contributed by atoms with Crippen LogP contribution in [-0.4, -0.2) is 30.6 Å². The van der Waals surface area contributed by atoms with E-state index < -0.39 is 17.5 Å². The highest BCUT2D eigenvalue weighted by Gasteiger charge is 2.24. The Labute approximate surface area is 150 Å². The van der Waals surface area contributed by atoms with Crippen molar-refractivity contribution in [1.82, 2.24) is 4.90 Å². The van der Waals surface area contributed by atoms with Crippen molar-refractivity contribution in [2.75, 3.05) is 19.6 Å². The van der Waals surface area contributed by atoms with Gasteiger partial charge in [-0.15, -0.1) is 0 Å². The molecule has 6 heteroatoms. The second kappa shape index (κ2) is 8.18. The van der Waals surface area contributed by atoms with Gasteiger partial charge in [-0.2, -0.15) is 0 Å². The Morgan fingerprint density at radius 2 is 1.69 bits per heavy atom. The average Bonchev–Trinajstić information content (AvgIpc) is 3.07. The summed E-state index contributed by atoms with van der Waals surface area (Å²) in [7, 11) is 0. The zero-order chi connectivity index (χ0) is 18.7.